The van der Waals surface area contributed by atoms with Gasteiger partial charge < -0.3 is 9.51 Å². The van der Waals surface area contributed by atoms with Gasteiger partial charge in [-0.3, -0.25) is 0 Å². The Balaban J connectivity index is 2.16. The summed E-state index contributed by atoms with van der Waals surface area (Å²) in [7, 11) is 0. The smallest absolute Gasteiger partial charge is 0.373 e. The minimum absolute atomic E-state index is 0.263. The summed E-state index contributed by atoms with van der Waals surface area (Å²) in [5.41, 5.74) is 1.57. The summed E-state index contributed by atoms with van der Waals surface area (Å²) in [4.78, 5) is 22.8. The molecule has 0 saturated heterocycles. The lowest BCUT2D eigenvalue weighted by Crippen LogP contribution is -2.04. The first-order valence-electron chi connectivity index (χ1n) is 5.35. The highest BCUT2D eigenvalue weighted by molar-refractivity contribution is 6.33. The predicted octanol–water partition coefficient (Wildman–Crippen LogP) is 2.14. The molecule has 3 aromatic rings. The molecule has 0 fully saturated rings. The fourth-order valence-electron chi connectivity index (χ4n) is 1.71. The lowest BCUT2D eigenvalue weighted by atomic mass is 10.3. The molecule has 94 valence electrons. The second kappa shape index (κ2) is 4.33. The van der Waals surface area contributed by atoms with E-state index in [0.29, 0.717) is 22.1 Å². The monoisotopic (exact) mass is 274 g/mol. The Morgan fingerprint density at radius 1 is 1.26 bits per heavy atom. The van der Waals surface area contributed by atoms with Crippen LogP contribution >= 0.6 is 11.6 Å². The normalized spacial score (nSPS) is 10.8. The molecule has 0 aliphatic heterocycles. The summed E-state index contributed by atoms with van der Waals surface area (Å²) in [6.07, 6.45) is 4.92. The lowest BCUT2D eigenvalue weighted by Gasteiger charge is -1.96. The van der Waals surface area contributed by atoms with Crippen LogP contribution in [0.4, 0.5) is 0 Å². The van der Waals surface area contributed by atoms with E-state index in [2.05, 4.69) is 15.0 Å². The van der Waals surface area contributed by atoms with Crippen molar-refractivity contribution in [3.63, 3.8) is 0 Å². The van der Waals surface area contributed by atoms with E-state index in [9.17, 15) is 4.79 Å². The molecular formula is C12H7ClN4O2. The van der Waals surface area contributed by atoms with Crippen LogP contribution in [0.25, 0.3) is 17.0 Å². The number of pyridine rings is 1. The maximum Gasteiger partial charge on any atom is 0.373 e. The van der Waals surface area contributed by atoms with Gasteiger partial charge in [0, 0.05) is 18.6 Å². The van der Waals surface area contributed by atoms with Crippen molar-refractivity contribution in [2.24, 2.45) is 0 Å². The quantitative estimate of drug-likeness (QED) is 0.774. The number of halogens is 1. The van der Waals surface area contributed by atoms with Crippen LogP contribution in [0.3, 0.4) is 0 Å². The maximum absolute atomic E-state index is 10.8. The molecule has 0 aromatic carbocycles. The van der Waals surface area contributed by atoms with Crippen LogP contribution < -0.4 is 0 Å². The average molecular weight is 275 g/mol. The Morgan fingerprint density at radius 3 is 2.84 bits per heavy atom. The molecule has 6 nitrogen and oxygen atoms in total. The second-order valence-electron chi connectivity index (χ2n) is 3.78. The molecule has 0 amide bonds. The van der Waals surface area contributed by atoms with Gasteiger partial charge in [-0.1, -0.05) is 11.6 Å². The van der Waals surface area contributed by atoms with E-state index in [4.69, 9.17) is 16.7 Å². The highest BCUT2D eigenvalue weighted by Gasteiger charge is 2.11. The minimum Gasteiger partial charge on any atom is -0.475 e. The van der Waals surface area contributed by atoms with E-state index in [1.54, 1.807) is 35.0 Å². The van der Waals surface area contributed by atoms with Gasteiger partial charge in [0.1, 0.15) is 5.69 Å². The number of hydrogen-bond donors (Lipinski definition) is 1. The standard InChI is InChI=1S/C12H7ClN4O2/c13-7-2-1-5-17-6-9(16-11(7)17)8-3-4-14-10(15-8)12(18)19/h1-6H,(H,18,19). The Hall–Kier alpha value is -2.47. The first-order chi connectivity index (χ1) is 9.15. The third-order valence-electron chi connectivity index (χ3n) is 2.54. The fourth-order valence-corrected chi connectivity index (χ4v) is 1.92. The van der Waals surface area contributed by atoms with Crippen molar-refractivity contribution in [2.75, 3.05) is 0 Å². The average Bonchev–Trinajstić information content (AvgIpc) is 2.84. The second-order valence-corrected chi connectivity index (χ2v) is 4.19. The summed E-state index contributed by atoms with van der Waals surface area (Å²) in [6, 6.07) is 5.13. The highest BCUT2D eigenvalue weighted by atomic mass is 35.5. The van der Waals surface area contributed by atoms with Crippen molar-refractivity contribution in [3.05, 3.63) is 47.6 Å². The number of carboxylic acids is 1. The van der Waals surface area contributed by atoms with Crippen molar-refractivity contribution in [3.8, 4) is 11.4 Å². The molecule has 3 heterocycles. The van der Waals surface area contributed by atoms with Gasteiger partial charge in [0.2, 0.25) is 5.82 Å². The first kappa shape index (κ1) is 11.6. The summed E-state index contributed by atoms with van der Waals surface area (Å²) in [5, 5.41) is 9.38. The number of hydrogen-bond acceptors (Lipinski definition) is 4. The predicted molar refractivity (Wildman–Crippen MR) is 68.2 cm³/mol. The Labute approximate surface area is 112 Å². The molecule has 3 aromatic heterocycles. The van der Waals surface area contributed by atoms with Crippen molar-refractivity contribution < 1.29 is 9.90 Å². The van der Waals surface area contributed by atoms with E-state index in [0.717, 1.165) is 0 Å². The van der Waals surface area contributed by atoms with E-state index in [1.165, 1.54) is 6.20 Å². The Kier molecular flexibility index (Phi) is 2.64. The fraction of sp³-hybridized carbons (Fsp3) is 0. The van der Waals surface area contributed by atoms with Gasteiger partial charge in [0.15, 0.2) is 5.65 Å². The number of fused-ring (bicyclic) bond motifs is 1. The third-order valence-corrected chi connectivity index (χ3v) is 2.84. The van der Waals surface area contributed by atoms with Crippen LogP contribution in [0, 0.1) is 0 Å². The van der Waals surface area contributed by atoms with Crippen molar-refractivity contribution in [2.45, 2.75) is 0 Å². The van der Waals surface area contributed by atoms with Crippen LogP contribution in [0.5, 0.6) is 0 Å². The molecule has 0 bridgehead atoms. The van der Waals surface area contributed by atoms with E-state index < -0.39 is 5.97 Å². The van der Waals surface area contributed by atoms with Gasteiger partial charge in [-0.25, -0.2) is 19.7 Å². The van der Waals surface area contributed by atoms with Gasteiger partial charge in [-0.15, -0.1) is 0 Å². The molecule has 0 spiro atoms. The zero-order valence-electron chi connectivity index (χ0n) is 9.49. The number of nitrogens with zero attached hydrogens (tertiary/aromatic N) is 4. The van der Waals surface area contributed by atoms with Crippen LogP contribution in [-0.4, -0.2) is 30.4 Å². The molecule has 7 heteroatoms. The molecule has 0 aliphatic carbocycles. The van der Waals surface area contributed by atoms with Crippen LogP contribution in [0.1, 0.15) is 10.6 Å². The summed E-state index contributed by atoms with van der Waals surface area (Å²) in [5.74, 6) is -1.44. The molecule has 0 unspecified atom stereocenters. The van der Waals surface area contributed by atoms with Gasteiger partial charge >= 0.3 is 5.97 Å². The van der Waals surface area contributed by atoms with Crippen molar-refractivity contribution in [1.82, 2.24) is 19.4 Å². The zero-order chi connectivity index (χ0) is 13.4. The number of aromatic nitrogens is 4. The van der Waals surface area contributed by atoms with Gasteiger partial charge in [-0.05, 0) is 18.2 Å². The Morgan fingerprint density at radius 2 is 2.11 bits per heavy atom. The zero-order valence-corrected chi connectivity index (χ0v) is 10.2. The Bertz CT molecular complexity index is 784. The third kappa shape index (κ3) is 2.02. The summed E-state index contributed by atoms with van der Waals surface area (Å²) < 4.78 is 1.75. The number of aromatic carboxylic acids is 1. The van der Waals surface area contributed by atoms with Crippen LogP contribution in [-0.2, 0) is 0 Å². The number of carbonyl (C=O) groups is 1. The minimum atomic E-state index is -1.18. The molecule has 0 radical (unpaired) electrons. The molecule has 1 N–H and O–H groups in total. The van der Waals surface area contributed by atoms with Crippen LogP contribution in [0.15, 0.2) is 36.8 Å². The van der Waals surface area contributed by atoms with E-state index >= 15 is 0 Å². The number of rotatable bonds is 2. The first-order valence-corrected chi connectivity index (χ1v) is 5.73. The molecule has 3 rings (SSSR count). The van der Waals surface area contributed by atoms with E-state index in [1.807, 2.05) is 0 Å². The molecule has 0 saturated carbocycles. The van der Waals surface area contributed by atoms with Gasteiger partial charge in [0.25, 0.3) is 0 Å². The highest BCUT2D eigenvalue weighted by Crippen LogP contribution is 2.21. The van der Waals surface area contributed by atoms with Gasteiger partial charge in [-0.2, -0.15) is 0 Å². The van der Waals surface area contributed by atoms with Crippen molar-refractivity contribution >= 4 is 23.2 Å². The number of imidazole rings is 1. The largest absolute Gasteiger partial charge is 0.475 e. The molecule has 19 heavy (non-hydrogen) atoms. The van der Waals surface area contributed by atoms with Crippen molar-refractivity contribution in [1.29, 1.82) is 0 Å². The lowest BCUT2D eigenvalue weighted by molar-refractivity contribution is 0.0683. The number of carboxylic acid groups (broad SMARTS) is 1. The molecule has 0 aliphatic rings. The topological polar surface area (TPSA) is 80.4 Å². The maximum atomic E-state index is 10.8. The summed E-state index contributed by atoms with van der Waals surface area (Å²) in [6.45, 7) is 0. The van der Waals surface area contributed by atoms with Crippen LogP contribution in [0.2, 0.25) is 5.02 Å². The SMILES string of the molecule is O=C(O)c1nccc(-c2cn3cccc(Cl)c3n2)n1. The van der Waals surface area contributed by atoms with E-state index in [-0.39, 0.29) is 5.82 Å². The summed E-state index contributed by atoms with van der Waals surface area (Å²) >= 11 is 6.03. The molecular weight excluding hydrogens is 268 g/mol. The van der Waals surface area contributed by atoms with Gasteiger partial charge in [0.05, 0.1) is 10.7 Å². The molecule has 0 atom stereocenters.